The predicted octanol–water partition coefficient (Wildman–Crippen LogP) is 3.31. The van der Waals surface area contributed by atoms with Gasteiger partial charge in [0.25, 0.3) is 0 Å². The van der Waals surface area contributed by atoms with E-state index in [0.717, 1.165) is 9.75 Å². The Bertz CT molecular complexity index is 478. The van der Waals surface area contributed by atoms with E-state index < -0.39 is 6.10 Å². The van der Waals surface area contributed by atoms with Crippen LogP contribution in [0.5, 0.6) is 5.75 Å². The third-order valence-electron chi connectivity index (χ3n) is 2.31. The van der Waals surface area contributed by atoms with Crippen LogP contribution in [0.15, 0.2) is 36.4 Å². The molecule has 1 aromatic carbocycles. The molecule has 1 heterocycles. The lowest BCUT2D eigenvalue weighted by Gasteiger charge is -2.10. The molecule has 1 aromatic heterocycles. The molecule has 2 nitrogen and oxygen atoms in total. The zero-order valence-corrected chi connectivity index (χ0v) is 10.2. The van der Waals surface area contributed by atoms with Gasteiger partial charge in [-0.05, 0) is 43.3 Å². The number of benzene rings is 1. The quantitative estimate of drug-likeness (QED) is 0.904. The molecule has 1 N–H and O–H groups in total. The molecule has 0 aliphatic heterocycles. The van der Waals surface area contributed by atoms with Crippen molar-refractivity contribution in [3.05, 3.63) is 52.0 Å². The minimum absolute atomic E-state index is 0.172. The molecule has 0 spiro atoms. The first-order valence-electron chi connectivity index (χ1n) is 5.28. The molecule has 2 rings (SSSR count). The fourth-order valence-electron chi connectivity index (χ4n) is 1.42. The highest BCUT2D eigenvalue weighted by Crippen LogP contribution is 2.23. The molecule has 0 aliphatic carbocycles. The first-order valence-corrected chi connectivity index (χ1v) is 6.09. The maximum atomic E-state index is 12.6. The average Bonchev–Trinajstić information content (AvgIpc) is 2.75. The van der Waals surface area contributed by atoms with Gasteiger partial charge in [0, 0.05) is 9.75 Å². The Morgan fingerprint density at radius 2 is 1.94 bits per heavy atom. The van der Waals surface area contributed by atoms with Gasteiger partial charge in [-0.2, -0.15) is 0 Å². The number of ether oxygens (including phenoxy) is 1. The number of aryl methyl sites for hydroxylation is 1. The van der Waals surface area contributed by atoms with Crippen LogP contribution in [0.1, 0.15) is 15.9 Å². The summed E-state index contributed by atoms with van der Waals surface area (Å²) < 4.78 is 18.0. The Kier molecular flexibility index (Phi) is 3.76. The van der Waals surface area contributed by atoms with Crippen molar-refractivity contribution in [1.82, 2.24) is 0 Å². The summed E-state index contributed by atoms with van der Waals surface area (Å²) in [7, 11) is 0. The van der Waals surface area contributed by atoms with Crippen molar-refractivity contribution in [2.75, 3.05) is 6.61 Å². The lowest BCUT2D eigenvalue weighted by atomic mass is 10.3. The third-order valence-corrected chi connectivity index (χ3v) is 3.41. The molecule has 0 aliphatic rings. The Balaban J connectivity index is 1.92. The Morgan fingerprint density at radius 1 is 1.24 bits per heavy atom. The minimum atomic E-state index is -0.640. The summed E-state index contributed by atoms with van der Waals surface area (Å²) >= 11 is 1.54. The van der Waals surface area contributed by atoms with Gasteiger partial charge in [0.2, 0.25) is 0 Å². The van der Waals surface area contributed by atoms with Crippen molar-refractivity contribution in [3.63, 3.8) is 0 Å². The predicted molar refractivity (Wildman–Crippen MR) is 65.9 cm³/mol. The van der Waals surface area contributed by atoms with Gasteiger partial charge < -0.3 is 9.84 Å². The SMILES string of the molecule is Cc1ccc(C(O)COc2ccc(F)cc2)s1. The van der Waals surface area contributed by atoms with E-state index >= 15 is 0 Å². The third kappa shape index (κ3) is 3.28. The van der Waals surface area contributed by atoms with Gasteiger partial charge in [-0.25, -0.2) is 4.39 Å². The van der Waals surface area contributed by atoms with Gasteiger partial charge in [-0.1, -0.05) is 0 Å². The Hall–Kier alpha value is -1.39. The fraction of sp³-hybridized carbons (Fsp3) is 0.231. The van der Waals surface area contributed by atoms with E-state index in [1.165, 1.54) is 12.1 Å². The van der Waals surface area contributed by atoms with Gasteiger partial charge in [0.15, 0.2) is 0 Å². The molecule has 2 aromatic rings. The number of thiophene rings is 1. The van der Waals surface area contributed by atoms with E-state index in [1.54, 1.807) is 23.5 Å². The molecule has 0 saturated carbocycles. The van der Waals surface area contributed by atoms with Crippen LogP contribution in [0.25, 0.3) is 0 Å². The number of hydrogen-bond donors (Lipinski definition) is 1. The van der Waals surface area contributed by atoms with Crippen molar-refractivity contribution in [1.29, 1.82) is 0 Å². The second kappa shape index (κ2) is 5.29. The second-order valence-corrected chi connectivity index (χ2v) is 5.05. The van der Waals surface area contributed by atoms with Crippen LogP contribution in [0.3, 0.4) is 0 Å². The molecule has 0 fully saturated rings. The van der Waals surface area contributed by atoms with Crippen LogP contribution in [0.4, 0.5) is 4.39 Å². The molecule has 0 radical (unpaired) electrons. The standard InChI is InChI=1S/C13H13FO2S/c1-9-2-7-13(17-9)12(15)8-16-11-5-3-10(14)4-6-11/h2-7,12,15H,8H2,1H3. The summed E-state index contributed by atoms with van der Waals surface area (Å²) in [4.78, 5) is 2.03. The molecule has 1 atom stereocenters. The van der Waals surface area contributed by atoms with Crippen molar-refractivity contribution >= 4 is 11.3 Å². The topological polar surface area (TPSA) is 29.5 Å². The molecule has 0 amide bonds. The summed E-state index contributed by atoms with van der Waals surface area (Å²) in [5.74, 6) is 0.255. The van der Waals surface area contributed by atoms with E-state index in [-0.39, 0.29) is 12.4 Å². The first-order chi connectivity index (χ1) is 8.15. The van der Waals surface area contributed by atoms with Crippen molar-refractivity contribution < 1.29 is 14.2 Å². The number of hydrogen-bond acceptors (Lipinski definition) is 3. The monoisotopic (exact) mass is 252 g/mol. The van der Waals surface area contributed by atoms with Crippen LogP contribution in [0.2, 0.25) is 0 Å². The second-order valence-electron chi connectivity index (χ2n) is 3.73. The highest BCUT2D eigenvalue weighted by atomic mass is 32.1. The van der Waals surface area contributed by atoms with Crippen molar-refractivity contribution in [2.45, 2.75) is 13.0 Å². The molecular weight excluding hydrogens is 239 g/mol. The van der Waals surface area contributed by atoms with Gasteiger partial charge in [-0.15, -0.1) is 11.3 Å². The Morgan fingerprint density at radius 3 is 2.53 bits per heavy atom. The Labute approximate surface area is 103 Å². The smallest absolute Gasteiger partial charge is 0.123 e. The van der Waals surface area contributed by atoms with Gasteiger partial charge in [-0.3, -0.25) is 0 Å². The van der Waals surface area contributed by atoms with E-state index in [1.807, 2.05) is 19.1 Å². The zero-order valence-electron chi connectivity index (χ0n) is 9.39. The molecule has 0 saturated heterocycles. The summed E-state index contributed by atoms with van der Waals surface area (Å²) in [5.41, 5.74) is 0. The molecule has 1 unspecified atom stereocenters. The summed E-state index contributed by atoms with van der Waals surface area (Å²) in [6.07, 6.45) is -0.640. The average molecular weight is 252 g/mol. The summed E-state index contributed by atoms with van der Waals surface area (Å²) in [6.45, 7) is 2.16. The van der Waals surface area contributed by atoms with E-state index in [0.29, 0.717) is 5.75 Å². The lowest BCUT2D eigenvalue weighted by Crippen LogP contribution is -2.08. The number of aliphatic hydroxyl groups is 1. The highest BCUT2D eigenvalue weighted by molar-refractivity contribution is 7.12. The van der Waals surface area contributed by atoms with Crippen LogP contribution in [0, 0.1) is 12.7 Å². The number of halogens is 1. The fourth-order valence-corrected chi connectivity index (χ4v) is 2.27. The molecule has 0 bridgehead atoms. The lowest BCUT2D eigenvalue weighted by molar-refractivity contribution is 0.111. The van der Waals surface area contributed by atoms with Crippen molar-refractivity contribution in [3.8, 4) is 5.75 Å². The van der Waals surface area contributed by atoms with Crippen LogP contribution >= 0.6 is 11.3 Å². The van der Waals surface area contributed by atoms with Crippen molar-refractivity contribution in [2.24, 2.45) is 0 Å². The molecule has 4 heteroatoms. The minimum Gasteiger partial charge on any atom is -0.490 e. The van der Waals surface area contributed by atoms with E-state index in [2.05, 4.69) is 0 Å². The van der Waals surface area contributed by atoms with Crippen LogP contribution in [-0.2, 0) is 0 Å². The highest BCUT2D eigenvalue weighted by Gasteiger charge is 2.10. The largest absolute Gasteiger partial charge is 0.490 e. The summed E-state index contributed by atoms with van der Waals surface area (Å²) in [5, 5.41) is 9.86. The van der Waals surface area contributed by atoms with E-state index in [9.17, 15) is 9.50 Å². The maximum Gasteiger partial charge on any atom is 0.123 e. The zero-order chi connectivity index (χ0) is 12.3. The van der Waals surface area contributed by atoms with Gasteiger partial charge in [0.1, 0.15) is 24.3 Å². The van der Waals surface area contributed by atoms with Crippen LogP contribution in [-0.4, -0.2) is 11.7 Å². The van der Waals surface area contributed by atoms with Gasteiger partial charge >= 0.3 is 0 Å². The number of aliphatic hydroxyl groups excluding tert-OH is 1. The number of rotatable bonds is 4. The molecule has 90 valence electrons. The molecule has 17 heavy (non-hydrogen) atoms. The molecular formula is C13H13FO2S. The normalized spacial score (nSPS) is 12.4. The first kappa shape index (κ1) is 12.1. The van der Waals surface area contributed by atoms with Gasteiger partial charge in [0.05, 0.1) is 0 Å². The maximum absolute atomic E-state index is 12.6. The summed E-state index contributed by atoms with van der Waals surface area (Å²) in [6, 6.07) is 9.59. The van der Waals surface area contributed by atoms with Crippen LogP contribution < -0.4 is 4.74 Å². The van der Waals surface area contributed by atoms with E-state index in [4.69, 9.17) is 4.74 Å².